The molecule has 2 nitrogen and oxygen atoms in total. The molecule has 0 amide bonds. The van der Waals surface area contributed by atoms with E-state index in [1.807, 2.05) is 19.1 Å². The summed E-state index contributed by atoms with van der Waals surface area (Å²) in [5, 5.41) is 0. The van der Waals surface area contributed by atoms with E-state index in [0.717, 1.165) is 38.0 Å². The molecular formula is C21H29Cl2FN2. The Labute approximate surface area is 168 Å². The average Bonchev–Trinajstić information content (AvgIpc) is 3.00. The molecule has 1 atom stereocenters. The van der Waals surface area contributed by atoms with Gasteiger partial charge in [-0.25, -0.2) is 4.39 Å². The highest BCUT2D eigenvalue weighted by atomic mass is 35.5. The van der Waals surface area contributed by atoms with E-state index in [1.165, 1.54) is 23.1 Å². The van der Waals surface area contributed by atoms with Crippen LogP contribution in [0.25, 0.3) is 0 Å². The van der Waals surface area contributed by atoms with E-state index in [2.05, 4.69) is 29.2 Å². The van der Waals surface area contributed by atoms with Gasteiger partial charge in [-0.1, -0.05) is 36.4 Å². The largest absolute Gasteiger partial charge is 0.330 e. The number of nitrogens with zero attached hydrogens (tertiary/aromatic N) is 1. The lowest BCUT2D eigenvalue weighted by atomic mass is 9.97. The summed E-state index contributed by atoms with van der Waals surface area (Å²) in [6.07, 6.45) is 3.22. The summed E-state index contributed by atoms with van der Waals surface area (Å²) in [5.41, 5.74) is 10.3. The van der Waals surface area contributed by atoms with Gasteiger partial charge in [0.05, 0.1) is 0 Å². The van der Waals surface area contributed by atoms with Gasteiger partial charge >= 0.3 is 0 Å². The molecule has 1 fully saturated rings. The van der Waals surface area contributed by atoms with Crippen molar-refractivity contribution in [3.63, 3.8) is 0 Å². The van der Waals surface area contributed by atoms with Crippen LogP contribution in [0, 0.1) is 18.7 Å². The van der Waals surface area contributed by atoms with Crippen LogP contribution in [0.2, 0.25) is 0 Å². The Bertz CT molecular complexity index is 676. The highest BCUT2D eigenvalue weighted by molar-refractivity contribution is 5.85. The molecule has 1 aliphatic heterocycles. The van der Waals surface area contributed by atoms with Crippen molar-refractivity contribution < 1.29 is 4.39 Å². The third-order valence-corrected chi connectivity index (χ3v) is 4.98. The fraction of sp³-hybridized carbons (Fsp3) is 0.429. The lowest BCUT2D eigenvalue weighted by molar-refractivity contribution is 0.316. The third kappa shape index (κ3) is 6.24. The van der Waals surface area contributed by atoms with E-state index in [9.17, 15) is 4.39 Å². The minimum atomic E-state index is -0.107. The number of nitrogens with two attached hydrogens (primary N) is 1. The first-order valence-electron chi connectivity index (χ1n) is 8.89. The molecule has 1 aliphatic rings. The van der Waals surface area contributed by atoms with Gasteiger partial charge in [0.15, 0.2) is 0 Å². The van der Waals surface area contributed by atoms with Crippen molar-refractivity contribution in [1.82, 2.24) is 4.90 Å². The first-order valence-corrected chi connectivity index (χ1v) is 8.89. The highest BCUT2D eigenvalue weighted by Gasteiger charge is 2.22. The molecule has 2 aromatic rings. The van der Waals surface area contributed by atoms with Crippen LogP contribution in [0.15, 0.2) is 42.5 Å². The van der Waals surface area contributed by atoms with Gasteiger partial charge in [-0.15, -0.1) is 24.8 Å². The molecule has 0 bridgehead atoms. The smallest absolute Gasteiger partial charge is 0.126 e. The van der Waals surface area contributed by atoms with E-state index in [0.29, 0.717) is 12.5 Å². The minimum absolute atomic E-state index is 0. The molecule has 2 aromatic carbocycles. The Balaban J connectivity index is 0.00000169. The summed E-state index contributed by atoms with van der Waals surface area (Å²) >= 11 is 0. The second-order valence-corrected chi connectivity index (χ2v) is 7.03. The summed E-state index contributed by atoms with van der Waals surface area (Å²) in [6, 6.07) is 14.4. The number of hydrogen-bond acceptors (Lipinski definition) is 2. The third-order valence-electron chi connectivity index (χ3n) is 4.98. The fourth-order valence-corrected chi connectivity index (χ4v) is 3.63. The van der Waals surface area contributed by atoms with Crippen molar-refractivity contribution in [3.05, 3.63) is 70.5 Å². The predicted octanol–water partition coefficient (Wildman–Crippen LogP) is 4.54. The van der Waals surface area contributed by atoms with Crippen molar-refractivity contribution >= 4 is 24.8 Å². The quantitative estimate of drug-likeness (QED) is 0.773. The van der Waals surface area contributed by atoms with E-state index in [-0.39, 0.29) is 30.6 Å². The van der Waals surface area contributed by atoms with E-state index < -0.39 is 0 Å². The molecule has 144 valence electrons. The Morgan fingerprint density at radius 1 is 1.04 bits per heavy atom. The van der Waals surface area contributed by atoms with Gasteiger partial charge in [0.25, 0.3) is 0 Å². The van der Waals surface area contributed by atoms with Crippen molar-refractivity contribution in [2.75, 3.05) is 19.6 Å². The monoisotopic (exact) mass is 398 g/mol. The number of hydrogen-bond donors (Lipinski definition) is 1. The van der Waals surface area contributed by atoms with Crippen LogP contribution in [0.4, 0.5) is 4.39 Å². The van der Waals surface area contributed by atoms with E-state index in [1.54, 1.807) is 6.07 Å². The molecule has 5 heteroatoms. The number of halogens is 3. The van der Waals surface area contributed by atoms with Gasteiger partial charge in [-0.3, -0.25) is 4.90 Å². The van der Waals surface area contributed by atoms with Crippen LogP contribution in [0.5, 0.6) is 0 Å². The minimum Gasteiger partial charge on any atom is -0.330 e. The molecule has 0 aliphatic carbocycles. The van der Waals surface area contributed by atoms with Crippen LogP contribution in [-0.4, -0.2) is 24.5 Å². The Kier molecular flexibility index (Phi) is 9.59. The van der Waals surface area contributed by atoms with E-state index >= 15 is 0 Å². The van der Waals surface area contributed by atoms with Gasteiger partial charge in [0.2, 0.25) is 0 Å². The lowest BCUT2D eigenvalue weighted by Gasteiger charge is -2.16. The van der Waals surface area contributed by atoms with Gasteiger partial charge in [0.1, 0.15) is 5.82 Å². The lowest BCUT2D eigenvalue weighted by Crippen LogP contribution is -2.20. The molecule has 0 aromatic heterocycles. The highest BCUT2D eigenvalue weighted by Crippen LogP contribution is 2.23. The topological polar surface area (TPSA) is 29.3 Å². The standard InChI is InChI=1S/C21H27FN2.2ClH/c1-16-12-19(6-7-21(16)22)13-20-9-11-24(15-20)14-18-4-2-17(3-5-18)8-10-23;;/h2-7,12,20H,8-11,13-15,23H2,1H3;2*1H. The number of aryl methyl sites for hydroxylation is 1. The normalized spacial score (nSPS) is 16.8. The maximum atomic E-state index is 13.4. The van der Waals surface area contributed by atoms with E-state index in [4.69, 9.17) is 5.73 Å². The summed E-state index contributed by atoms with van der Waals surface area (Å²) in [5.74, 6) is 0.566. The predicted molar refractivity (Wildman–Crippen MR) is 112 cm³/mol. The summed E-state index contributed by atoms with van der Waals surface area (Å²) < 4.78 is 13.4. The van der Waals surface area contributed by atoms with Crippen LogP contribution in [0.1, 0.15) is 28.7 Å². The number of likely N-dealkylation sites (tertiary alicyclic amines) is 1. The molecule has 3 rings (SSSR count). The second kappa shape index (κ2) is 10.9. The Morgan fingerprint density at radius 3 is 2.35 bits per heavy atom. The van der Waals surface area contributed by atoms with Gasteiger partial charge in [-0.2, -0.15) is 0 Å². The first kappa shape index (κ1) is 22.9. The Hall–Kier alpha value is -1.13. The zero-order chi connectivity index (χ0) is 16.9. The van der Waals surface area contributed by atoms with Crippen molar-refractivity contribution in [2.24, 2.45) is 11.7 Å². The maximum Gasteiger partial charge on any atom is 0.126 e. The molecule has 0 radical (unpaired) electrons. The Morgan fingerprint density at radius 2 is 1.69 bits per heavy atom. The number of benzene rings is 2. The summed E-state index contributed by atoms with van der Waals surface area (Å²) in [7, 11) is 0. The maximum absolute atomic E-state index is 13.4. The van der Waals surface area contributed by atoms with Gasteiger partial charge in [-0.05, 0) is 73.5 Å². The average molecular weight is 399 g/mol. The molecule has 26 heavy (non-hydrogen) atoms. The SMILES string of the molecule is Cc1cc(CC2CCN(Cc3ccc(CCN)cc3)C2)ccc1F.Cl.Cl. The van der Waals surface area contributed by atoms with Crippen LogP contribution in [-0.2, 0) is 19.4 Å². The summed E-state index contributed by atoms with van der Waals surface area (Å²) in [4.78, 5) is 2.53. The molecule has 1 saturated heterocycles. The molecule has 0 saturated carbocycles. The van der Waals surface area contributed by atoms with Gasteiger partial charge in [0, 0.05) is 13.1 Å². The van der Waals surface area contributed by atoms with Crippen LogP contribution in [0.3, 0.4) is 0 Å². The zero-order valence-electron chi connectivity index (χ0n) is 15.3. The first-order chi connectivity index (χ1) is 11.6. The molecule has 2 N–H and O–H groups in total. The molecular weight excluding hydrogens is 370 g/mol. The molecule has 1 unspecified atom stereocenters. The van der Waals surface area contributed by atoms with Crippen LogP contribution >= 0.6 is 24.8 Å². The second-order valence-electron chi connectivity index (χ2n) is 7.03. The number of rotatable bonds is 6. The van der Waals surface area contributed by atoms with Crippen LogP contribution < -0.4 is 5.73 Å². The summed E-state index contributed by atoms with van der Waals surface area (Å²) in [6.45, 7) is 5.84. The van der Waals surface area contributed by atoms with Crippen molar-refractivity contribution in [3.8, 4) is 0 Å². The van der Waals surface area contributed by atoms with Crippen molar-refractivity contribution in [1.29, 1.82) is 0 Å². The zero-order valence-corrected chi connectivity index (χ0v) is 16.9. The molecule has 0 spiro atoms. The fourth-order valence-electron chi connectivity index (χ4n) is 3.63. The molecule has 1 heterocycles. The van der Waals surface area contributed by atoms with Gasteiger partial charge < -0.3 is 5.73 Å². The van der Waals surface area contributed by atoms with Crippen molar-refractivity contribution in [2.45, 2.75) is 32.7 Å².